The molecule has 1 atom stereocenters. The van der Waals surface area contributed by atoms with E-state index >= 15 is 0 Å². The number of rotatable bonds is 3. The van der Waals surface area contributed by atoms with Crippen LogP contribution in [0, 0.1) is 5.82 Å². The van der Waals surface area contributed by atoms with Gasteiger partial charge in [0.2, 0.25) is 0 Å². The summed E-state index contributed by atoms with van der Waals surface area (Å²) in [7, 11) is 0. The Balaban J connectivity index is 2.15. The second kappa shape index (κ2) is 4.13. The molecule has 1 unspecified atom stereocenters. The van der Waals surface area contributed by atoms with Gasteiger partial charge < -0.3 is 5.32 Å². The zero-order valence-electron chi connectivity index (χ0n) is 8.37. The highest BCUT2D eigenvalue weighted by Gasteiger charge is 2.09. The molecule has 0 saturated heterocycles. The number of anilines is 1. The highest BCUT2D eigenvalue weighted by molar-refractivity contribution is 5.41. The van der Waals surface area contributed by atoms with Crippen molar-refractivity contribution in [3.8, 4) is 0 Å². The molecule has 0 saturated carbocycles. The van der Waals surface area contributed by atoms with E-state index in [-0.39, 0.29) is 11.9 Å². The van der Waals surface area contributed by atoms with Crippen LogP contribution in [0.4, 0.5) is 10.1 Å². The van der Waals surface area contributed by atoms with Crippen LogP contribution in [-0.2, 0) is 0 Å². The van der Waals surface area contributed by atoms with Crippen molar-refractivity contribution in [1.29, 1.82) is 0 Å². The first kappa shape index (κ1) is 9.71. The van der Waals surface area contributed by atoms with Gasteiger partial charge in [0.25, 0.3) is 0 Å². The van der Waals surface area contributed by atoms with Gasteiger partial charge in [0.15, 0.2) is 0 Å². The summed E-state index contributed by atoms with van der Waals surface area (Å²) in [4.78, 5) is 0. The van der Waals surface area contributed by atoms with E-state index in [2.05, 4.69) is 15.5 Å². The quantitative estimate of drug-likeness (QED) is 0.808. The highest BCUT2D eigenvalue weighted by atomic mass is 19.1. The molecule has 0 aliphatic carbocycles. The Hall–Kier alpha value is -1.84. The fourth-order valence-electron chi connectivity index (χ4n) is 1.48. The van der Waals surface area contributed by atoms with Crippen molar-refractivity contribution in [2.45, 2.75) is 13.0 Å². The van der Waals surface area contributed by atoms with Crippen molar-refractivity contribution in [2.75, 3.05) is 5.32 Å². The average molecular weight is 205 g/mol. The van der Waals surface area contributed by atoms with Crippen LogP contribution < -0.4 is 5.32 Å². The molecule has 0 bridgehead atoms. The van der Waals surface area contributed by atoms with E-state index < -0.39 is 0 Å². The molecule has 2 rings (SSSR count). The van der Waals surface area contributed by atoms with Crippen LogP contribution in [0.25, 0.3) is 0 Å². The largest absolute Gasteiger partial charge is 0.376 e. The minimum atomic E-state index is -0.194. The second-order valence-electron chi connectivity index (χ2n) is 3.37. The Morgan fingerprint density at radius 1 is 1.40 bits per heavy atom. The van der Waals surface area contributed by atoms with Crippen molar-refractivity contribution in [3.05, 3.63) is 48.0 Å². The Bertz CT molecular complexity index is 425. The molecule has 0 aliphatic heterocycles. The fraction of sp³-hybridized carbons (Fsp3) is 0.182. The standard InChI is InChI=1S/C11H12FN3/c1-8(15-9-6-13-14-7-9)10-4-2-3-5-11(10)12/h2-8,15H,1H3,(H,13,14). The van der Waals surface area contributed by atoms with E-state index in [4.69, 9.17) is 0 Å². The summed E-state index contributed by atoms with van der Waals surface area (Å²) < 4.78 is 13.4. The van der Waals surface area contributed by atoms with Gasteiger partial charge in [-0.25, -0.2) is 4.39 Å². The van der Waals surface area contributed by atoms with Crippen LogP contribution in [0.2, 0.25) is 0 Å². The lowest BCUT2D eigenvalue weighted by molar-refractivity contribution is 0.600. The topological polar surface area (TPSA) is 40.7 Å². The predicted molar refractivity (Wildman–Crippen MR) is 57.0 cm³/mol. The molecule has 2 aromatic rings. The van der Waals surface area contributed by atoms with Crippen LogP contribution in [0.15, 0.2) is 36.7 Å². The van der Waals surface area contributed by atoms with Crippen molar-refractivity contribution in [2.24, 2.45) is 0 Å². The Morgan fingerprint density at radius 3 is 2.87 bits per heavy atom. The summed E-state index contributed by atoms with van der Waals surface area (Å²) in [6.07, 6.45) is 3.40. The minimum Gasteiger partial charge on any atom is -0.376 e. The normalized spacial score (nSPS) is 12.4. The molecular weight excluding hydrogens is 193 g/mol. The highest BCUT2D eigenvalue weighted by Crippen LogP contribution is 2.20. The fourth-order valence-corrected chi connectivity index (χ4v) is 1.48. The van der Waals surface area contributed by atoms with Gasteiger partial charge in [-0.3, -0.25) is 5.10 Å². The van der Waals surface area contributed by atoms with Crippen LogP contribution in [0.5, 0.6) is 0 Å². The zero-order valence-corrected chi connectivity index (χ0v) is 8.37. The molecule has 0 spiro atoms. The van der Waals surface area contributed by atoms with Crippen molar-refractivity contribution in [1.82, 2.24) is 10.2 Å². The lowest BCUT2D eigenvalue weighted by Gasteiger charge is -2.14. The molecule has 1 aromatic heterocycles. The number of benzene rings is 1. The number of halogens is 1. The SMILES string of the molecule is CC(Nc1cn[nH]c1)c1ccccc1F. The summed E-state index contributed by atoms with van der Waals surface area (Å²) in [6, 6.07) is 6.66. The lowest BCUT2D eigenvalue weighted by Crippen LogP contribution is -2.07. The summed E-state index contributed by atoms with van der Waals surface area (Å²) in [5.41, 5.74) is 1.50. The van der Waals surface area contributed by atoms with Crippen LogP contribution >= 0.6 is 0 Å². The molecule has 0 amide bonds. The van der Waals surface area contributed by atoms with Crippen LogP contribution in [0.3, 0.4) is 0 Å². The van der Waals surface area contributed by atoms with E-state index in [0.29, 0.717) is 5.56 Å². The van der Waals surface area contributed by atoms with Crippen molar-refractivity contribution in [3.63, 3.8) is 0 Å². The van der Waals surface area contributed by atoms with E-state index in [9.17, 15) is 4.39 Å². The first-order valence-electron chi connectivity index (χ1n) is 4.77. The minimum absolute atomic E-state index is 0.0798. The summed E-state index contributed by atoms with van der Waals surface area (Å²) in [5, 5.41) is 9.65. The van der Waals surface area contributed by atoms with Gasteiger partial charge in [-0.05, 0) is 13.0 Å². The number of H-pyrrole nitrogens is 1. The van der Waals surface area contributed by atoms with E-state index in [1.807, 2.05) is 13.0 Å². The maximum Gasteiger partial charge on any atom is 0.128 e. The van der Waals surface area contributed by atoms with Crippen molar-refractivity contribution >= 4 is 5.69 Å². The van der Waals surface area contributed by atoms with Gasteiger partial charge >= 0.3 is 0 Å². The molecule has 3 nitrogen and oxygen atoms in total. The third-order valence-corrected chi connectivity index (χ3v) is 2.25. The second-order valence-corrected chi connectivity index (χ2v) is 3.37. The number of hydrogen-bond acceptors (Lipinski definition) is 2. The van der Waals surface area contributed by atoms with Gasteiger partial charge in [0, 0.05) is 11.8 Å². The van der Waals surface area contributed by atoms with E-state index in [1.54, 1.807) is 24.5 Å². The molecule has 0 radical (unpaired) electrons. The molecular formula is C11H12FN3. The number of aromatic amines is 1. The molecule has 2 N–H and O–H groups in total. The molecule has 4 heteroatoms. The third kappa shape index (κ3) is 2.15. The maximum atomic E-state index is 13.4. The Kier molecular flexibility index (Phi) is 2.67. The zero-order chi connectivity index (χ0) is 10.7. The Morgan fingerprint density at radius 2 is 2.20 bits per heavy atom. The van der Waals surface area contributed by atoms with Gasteiger partial charge in [0.05, 0.1) is 17.9 Å². The monoisotopic (exact) mass is 205 g/mol. The van der Waals surface area contributed by atoms with Gasteiger partial charge in [-0.2, -0.15) is 5.10 Å². The smallest absolute Gasteiger partial charge is 0.128 e. The van der Waals surface area contributed by atoms with Crippen LogP contribution in [-0.4, -0.2) is 10.2 Å². The lowest BCUT2D eigenvalue weighted by atomic mass is 10.1. The molecule has 1 aromatic carbocycles. The molecule has 0 aliphatic rings. The summed E-state index contributed by atoms with van der Waals surface area (Å²) in [5.74, 6) is -0.194. The summed E-state index contributed by atoms with van der Waals surface area (Å²) in [6.45, 7) is 1.91. The molecule has 0 fully saturated rings. The maximum absolute atomic E-state index is 13.4. The van der Waals surface area contributed by atoms with Gasteiger partial charge in [0.1, 0.15) is 5.82 Å². The van der Waals surface area contributed by atoms with E-state index in [0.717, 1.165) is 5.69 Å². The number of nitrogens with one attached hydrogen (secondary N) is 2. The number of nitrogens with zero attached hydrogens (tertiary/aromatic N) is 1. The number of aromatic nitrogens is 2. The van der Waals surface area contributed by atoms with Crippen LogP contribution in [0.1, 0.15) is 18.5 Å². The average Bonchev–Trinajstić information content (AvgIpc) is 2.71. The van der Waals surface area contributed by atoms with E-state index in [1.165, 1.54) is 6.07 Å². The van der Waals surface area contributed by atoms with Gasteiger partial charge in [-0.15, -0.1) is 0 Å². The third-order valence-electron chi connectivity index (χ3n) is 2.25. The number of hydrogen-bond donors (Lipinski definition) is 2. The molecule has 15 heavy (non-hydrogen) atoms. The first-order chi connectivity index (χ1) is 7.27. The predicted octanol–water partition coefficient (Wildman–Crippen LogP) is 2.72. The summed E-state index contributed by atoms with van der Waals surface area (Å²) >= 11 is 0. The molecule has 1 heterocycles. The van der Waals surface area contributed by atoms with Gasteiger partial charge in [-0.1, -0.05) is 18.2 Å². The van der Waals surface area contributed by atoms with Crippen molar-refractivity contribution < 1.29 is 4.39 Å². The first-order valence-corrected chi connectivity index (χ1v) is 4.77. The molecule has 78 valence electrons. The Labute approximate surface area is 87.3 Å².